The van der Waals surface area contributed by atoms with Crippen LogP contribution in [-0.4, -0.2) is 15.2 Å². The fourth-order valence-corrected chi connectivity index (χ4v) is 3.56. The molecule has 5 nitrogen and oxygen atoms in total. The molecular weight excluding hydrogens is 354 g/mol. The maximum absolute atomic E-state index is 9.03. The number of halogens is 1. The molecule has 0 fully saturated rings. The second kappa shape index (κ2) is 5.67. The van der Waals surface area contributed by atoms with Gasteiger partial charge in [-0.25, -0.2) is 0 Å². The van der Waals surface area contributed by atoms with E-state index in [2.05, 4.69) is 48.6 Å². The molecule has 2 aromatic heterocycles. The number of rotatable bonds is 2. The van der Waals surface area contributed by atoms with Crippen LogP contribution in [0, 0.1) is 11.3 Å². The number of hydrogen-bond donors (Lipinski definition) is 2. The van der Waals surface area contributed by atoms with Gasteiger partial charge in [0.25, 0.3) is 0 Å². The van der Waals surface area contributed by atoms with Crippen LogP contribution in [0.1, 0.15) is 35.7 Å². The summed E-state index contributed by atoms with van der Waals surface area (Å²) in [6.45, 7) is 0. The van der Waals surface area contributed by atoms with Gasteiger partial charge in [0.05, 0.1) is 22.8 Å². The molecule has 0 aliphatic heterocycles. The molecule has 114 valence electrons. The van der Waals surface area contributed by atoms with E-state index in [-0.39, 0.29) is 6.04 Å². The van der Waals surface area contributed by atoms with Crippen LogP contribution in [0.5, 0.6) is 0 Å². The second-order valence-corrected chi connectivity index (χ2v) is 6.50. The monoisotopic (exact) mass is 367 g/mol. The van der Waals surface area contributed by atoms with E-state index >= 15 is 0 Å². The highest BCUT2D eigenvalue weighted by molar-refractivity contribution is 9.10. The first-order chi connectivity index (χ1) is 11.2. The summed E-state index contributed by atoms with van der Waals surface area (Å²) in [5, 5.41) is 20.8. The highest BCUT2D eigenvalue weighted by Gasteiger charge is 2.22. The predicted molar refractivity (Wildman–Crippen MR) is 92.0 cm³/mol. The van der Waals surface area contributed by atoms with Gasteiger partial charge in [0.2, 0.25) is 0 Å². The van der Waals surface area contributed by atoms with Crippen molar-refractivity contribution in [3.05, 3.63) is 51.9 Å². The number of pyridine rings is 1. The van der Waals surface area contributed by atoms with Crippen molar-refractivity contribution in [1.82, 2.24) is 15.2 Å². The smallest absolute Gasteiger partial charge is 0.135 e. The standard InChI is InChI=1S/C17H14BrN5/c18-17-13-7-12(4-5-14(13)22-23-17)21-15-3-1-2-11-6-10(8-19)9-20-16(11)15/h4-7,9,15,21H,1-3H2,(H,22,23)/t15-/m1/s1. The van der Waals surface area contributed by atoms with Crippen molar-refractivity contribution in [3.63, 3.8) is 0 Å². The third-order valence-electron chi connectivity index (χ3n) is 4.26. The predicted octanol–water partition coefficient (Wildman–Crippen LogP) is 4.08. The minimum Gasteiger partial charge on any atom is -0.377 e. The van der Waals surface area contributed by atoms with Gasteiger partial charge in [-0.3, -0.25) is 10.1 Å². The fourth-order valence-electron chi connectivity index (χ4n) is 3.14. The van der Waals surface area contributed by atoms with E-state index in [1.54, 1.807) is 6.20 Å². The van der Waals surface area contributed by atoms with E-state index in [1.807, 2.05) is 18.2 Å². The summed E-state index contributed by atoms with van der Waals surface area (Å²) in [5.74, 6) is 0. The Balaban J connectivity index is 1.66. The number of aromatic nitrogens is 3. The van der Waals surface area contributed by atoms with Gasteiger partial charge in [0, 0.05) is 17.3 Å². The molecular formula is C17H14BrN5. The van der Waals surface area contributed by atoms with E-state index in [0.29, 0.717) is 5.56 Å². The molecule has 0 bridgehead atoms. The molecule has 23 heavy (non-hydrogen) atoms. The van der Waals surface area contributed by atoms with Crippen LogP contribution in [-0.2, 0) is 6.42 Å². The van der Waals surface area contributed by atoms with Gasteiger partial charge in [0.1, 0.15) is 10.7 Å². The number of nitriles is 1. The SMILES string of the molecule is N#Cc1cnc2c(c1)CCC[C@H]2Nc1ccc2[nH]nc(Br)c2c1. The lowest BCUT2D eigenvalue weighted by Gasteiger charge is -2.26. The molecule has 0 amide bonds. The Kier molecular flexibility index (Phi) is 3.50. The Labute approximate surface area is 141 Å². The van der Waals surface area contributed by atoms with E-state index in [1.165, 1.54) is 5.56 Å². The van der Waals surface area contributed by atoms with Gasteiger partial charge in [0.15, 0.2) is 0 Å². The molecule has 0 unspecified atom stereocenters. The normalized spacial score (nSPS) is 16.8. The van der Waals surface area contributed by atoms with Gasteiger partial charge in [-0.2, -0.15) is 10.4 Å². The Hall–Kier alpha value is -2.39. The largest absolute Gasteiger partial charge is 0.377 e. The third-order valence-corrected chi connectivity index (χ3v) is 4.86. The lowest BCUT2D eigenvalue weighted by molar-refractivity contribution is 0.583. The first-order valence-electron chi connectivity index (χ1n) is 7.53. The Bertz CT molecular complexity index is 924. The van der Waals surface area contributed by atoms with Crippen LogP contribution in [0.3, 0.4) is 0 Å². The average Bonchev–Trinajstić information content (AvgIpc) is 2.95. The molecule has 0 radical (unpaired) electrons. The topological polar surface area (TPSA) is 77.4 Å². The van der Waals surface area contributed by atoms with E-state index in [4.69, 9.17) is 5.26 Å². The number of nitrogens with zero attached hydrogens (tertiary/aromatic N) is 3. The number of H-pyrrole nitrogens is 1. The number of anilines is 1. The lowest BCUT2D eigenvalue weighted by atomic mass is 9.91. The molecule has 0 saturated heterocycles. The number of nitrogens with one attached hydrogen (secondary N) is 2. The maximum atomic E-state index is 9.03. The summed E-state index contributed by atoms with van der Waals surface area (Å²) in [5.41, 5.74) is 4.92. The van der Waals surface area contributed by atoms with Crippen molar-refractivity contribution in [3.8, 4) is 6.07 Å². The van der Waals surface area contributed by atoms with Crippen molar-refractivity contribution >= 4 is 32.5 Å². The van der Waals surface area contributed by atoms with Crippen LogP contribution >= 0.6 is 15.9 Å². The van der Waals surface area contributed by atoms with Crippen molar-refractivity contribution in [2.24, 2.45) is 0 Å². The molecule has 0 spiro atoms. The van der Waals surface area contributed by atoms with Gasteiger partial charge < -0.3 is 5.32 Å². The summed E-state index contributed by atoms with van der Waals surface area (Å²) in [6, 6.07) is 10.5. The highest BCUT2D eigenvalue weighted by Crippen LogP contribution is 2.33. The van der Waals surface area contributed by atoms with Crippen LogP contribution in [0.15, 0.2) is 35.1 Å². The first kappa shape index (κ1) is 14.2. The van der Waals surface area contributed by atoms with Crippen LogP contribution in [0.4, 0.5) is 5.69 Å². The van der Waals surface area contributed by atoms with Crippen LogP contribution in [0.2, 0.25) is 0 Å². The van der Waals surface area contributed by atoms with Crippen molar-refractivity contribution in [2.75, 3.05) is 5.32 Å². The zero-order chi connectivity index (χ0) is 15.8. The molecule has 4 rings (SSSR count). The number of fused-ring (bicyclic) bond motifs is 2. The molecule has 1 aromatic carbocycles. The molecule has 6 heteroatoms. The molecule has 2 heterocycles. The zero-order valence-electron chi connectivity index (χ0n) is 12.3. The number of hydrogen-bond acceptors (Lipinski definition) is 4. The van der Waals surface area contributed by atoms with Crippen LogP contribution in [0.25, 0.3) is 10.9 Å². The van der Waals surface area contributed by atoms with Crippen LogP contribution < -0.4 is 5.32 Å². The molecule has 1 atom stereocenters. The first-order valence-corrected chi connectivity index (χ1v) is 8.33. The van der Waals surface area contributed by atoms with Gasteiger partial charge in [-0.05, 0) is 65.0 Å². The molecule has 1 aliphatic carbocycles. The van der Waals surface area contributed by atoms with Gasteiger partial charge >= 0.3 is 0 Å². The average molecular weight is 368 g/mol. The molecule has 3 aromatic rings. The Morgan fingerprint density at radius 1 is 1.35 bits per heavy atom. The van der Waals surface area contributed by atoms with Crippen molar-refractivity contribution in [2.45, 2.75) is 25.3 Å². The molecule has 0 saturated carbocycles. The fraction of sp³-hybridized carbons (Fsp3) is 0.235. The van der Waals surface area contributed by atoms with Crippen molar-refractivity contribution < 1.29 is 0 Å². The number of aryl methyl sites for hydroxylation is 1. The van der Waals surface area contributed by atoms with Crippen molar-refractivity contribution in [1.29, 1.82) is 5.26 Å². The molecule has 2 N–H and O–H groups in total. The summed E-state index contributed by atoms with van der Waals surface area (Å²) >= 11 is 3.45. The quantitative estimate of drug-likeness (QED) is 0.715. The summed E-state index contributed by atoms with van der Waals surface area (Å²) < 4.78 is 0.817. The third kappa shape index (κ3) is 2.57. The summed E-state index contributed by atoms with van der Waals surface area (Å²) in [6.07, 6.45) is 4.78. The minimum atomic E-state index is 0.176. The highest BCUT2D eigenvalue weighted by atomic mass is 79.9. The molecule has 1 aliphatic rings. The van der Waals surface area contributed by atoms with E-state index in [9.17, 15) is 0 Å². The van der Waals surface area contributed by atoms with Gasteiger partial charge in [-0.15, -0.1) is 0 Å². The summed E-state index contributed by atoms with van der Waals surface area (Å²) in [7, 11) is 0. The zero-order valence-corrected chi connectivity index (χ0v) is 13.9. The number of benzene rings is 1. The Morgan fingerprint density at radius 2 is 2.26 bits per heavy atom. The lowest BCUT2D eigenvalue weighted by Crippen LogP contribution is -2.19. The summed E-state index contributed by atoms with van der Waals surface area (Å²) in [4.78, 5) is 4.52. The minimum absolute atomic E-state index is 0.176. The van der Waals surface area contributed by atoms with Gasteiger partial charge in [-0.1, -0.05) is 0 Å². The Morgan fingerprint density at radius 3 is 3.13 bits per heavy atom. The second-order valence-electron chi connectivity index (χ2n) is 5.74. The maximum Gasteiger partial charge on any atom is 0.135 e. The van der Waals surface area contributed by atoms with E-state index < -0.39 is 0 Å². The van der Waals surface area contributed by atoms with E-state index in [0.717, 1.165) is 46.1 Å². The number of aromatic amines is 1.